The summed E-state index contributed by atoms with van der Waals surface area (Å²) in [7, 11) is 4.57. The van der Waals surface area contributed by atoms with E-state index in [0.29, 0.717) is 33.7 Å². The first-order valence-corrected chi connectivity index (χ1v) is 10.8. The molecule has 7 heteroatoms. The summed E-state index contributed by atoms with van der Waals surface area (Å²) in [5.74, 6) is 1.85. The van der Waals surface area contributed by atoms with Crippen molar-refractivity contribution >= 4 is 20.7 Å². The average Bonchev–Trinajstić information content (AvgIpc) is 2.51. The van der Waals surface area contributed by atoms with Crippen molar-refractivity contribution in [2.75, 3.05) is 45.0 Å². The van der Waals surface area contributed by atoms with Crippen LogP contribution in [0.25, 0.3) is 0 Å². The molecule has 0 bridgehead atoms. The average molecular weight is 348 g/mol. The summed E-state index contributed by atoms with van der Waals surface area (Å²) in [4.78, 5) is 6.34. The molecule has 0 aliphatic heterocycles. The molecule has 5 nitrogen and oxygen atoms in total. The Kier molecular flexibility index (Phi) is 9.90. The maximum Gasteiger partial charge on any atom is 0.123 e. The van der Waals surface area contributed by atoms with E-state index in [1.54, 1.807) is 12.1 Å². The van der Waals surface area contributed by atoms with Crippen LogP contribution in [0.3, 0.4) is 0 Å². The van der Waals surface area contributed by atoms with Gasteiger partial charge in [-0.2, -0.15) is 0 Å². The van der Waals surface area contributed by atoms with E-state index < -0.39 is 0 Å². The van der Waals surface area contributed by atoms with Crippen molar-refractivity contribution in [3.63, 3.8) is 0 Å². The van der Waals surface area contributed by atoms with E-state index in [2.05, 4.69) is 29.4 Å². The third kappa shape index (κ3) is 8.24. The topological polar surface area (TPSA) is 65.8 Å². The second-order valence-corrected chi connectivity index (χ2v) is 10.0. The molecule has 0 aromatic carbocycles. The number of nitrogens with zero attached hydrogens (tertiary/aromatic N) is 2. The van der Waals surface area contributed by atoms with Gasteiger partial charge in [-0.1, -0.05) is 0 Å². The summed E-state index contributed by atoms with van der Waals surface area (Å²) >= 11 is 0. The van der Waals surface area contributed by atoms with E-state index >= 15 is 0 Å². The summed E-state index contributed by atoms with van der Waals surface area (Å²) in [5.41, 5.74) is 1.03. The normalized spacial score (nSPS) is 11.4. The molecule has 0 unspecified atom stereocenters. The van der Waals surface area contributed by atoms with E-state index in [-0.39, 0.29) is 13.2 Å². The predicted molar refractivity (Wildman–Crippen MR) is 95.4 cm³/mol. The van der Waals surface area contributed by atoms with Gasteiger partial charge in [0.15, 0.2) is 0 Å². The molecule has 0 spiro atoms. The molecule has 0 aliphatic carbocycles. The van der Waals surface area contributed by atoms with Crippen molar-refractivity contribution in [3.05, 3.63) is 23.5 Å². The third-order valence-corrected chi connectivity index (χ3v) is 5.81. The van der Waals surface area contributed by atoms with Crippen LogP contribution in [0.15, 0.2) is 12.1 Å². The largest absolute Gasteiger partial charge is 0.492 e. The van der Waals surface area contributed by atoms with Crippen molar-refractivity contribution in [2.24, 2.45) is 0 Å². The lowest BCUT2D eigenvalue weighted by Gasteiger charge is -2.16. The van der Waals surface area contributed by atoms with Gasteiger partial charge >= 0.3 is 0 Å². The van der Waals surface area contributed by atoms with Gasteiger partial charge in [-0.05, 0) is 20.0 Å². The minimum Gasteiger partial charge on any atom is -0.492 e. The number of hydrogen-bond donors (Lipinski definition) is 2. The Hall–Kier alpha value is -0.470. The highest BCUT2D eigenvalue weighted by Crippen LogP contribution is 2.15. The fourth-order valence-electron chi connectivity index (χ4n) is 1.86. The maximum atomic E-state index is 9.15. The van der Waals surface area contributed by atoms with Crippen molar-refractivity contribution in [2.45, 2.75) is 19.6 Å². The first-order valence-electron chi connectivity index (χ1n) is 7.29. The molecule has 0 aliphatic rings. The van der Waals surface area contributed by atoms with Gasteiger partial charge in [0.25, 0.3) is 0 Å². The molecule has 0 radical (unpaired) electrons. The first kappa shape index (κ1) is 19.6. The SMILES string of the molecule is CN(CCCS[S+](C)C)CCOc1cc(CO)nc(CO)c1. The Bertz CT molecular complexity index is 411. The number of aliphatic hydroxyl groups excluding tert-OH is 2. The van der Waals surface area contributed by atoms with Crippen molar-refractivity contribution in [3.8, 4) is 5.75 Å². The van der Waals surface area contributed by atoms with Gasteiger partial charge in [0.2, 0.25) is 0 Å². The van der Waals surface area contributed by atoms with Crippen LogP contribution in [0.2, 0.25) is 0 Å². The number of aromatic nitrogens is 1. The van der Waals surface area contributed by atoms with Gasteiger partial charge < -0.3 is 19.8 Å². The van der Waals surface area contributed by atoms with E-state index in [1.807, 2.05) is 10.8 Å². The van der Waals surface area contributed by atoms with Gasteiger partial charge in [-0.3, -0.25) is 4.98 Å². The standard InChI is InChI=1S/C15H27N2O3S2/c1-17(5-4-8-21-22(2)3)6-7-20-15-9-13(11-18)16-14(10-15)12-19/h9-10,18-19H,4-8,11-12H2,1-3H3/q+1. The lowest BCUT2D eigenvalue weighted by Crippen LogP contribution is -2.25. The summed E-state index contributed by atoms with van der Waals surface area (Å²) in [5, 5.41) is 18.3. The van der Waals surface area contributed by atoms with Gasteiger partial charge in [-0.25, -0.2) is 0 Å². The van der Waals surface area contributed by atoms with Crippen LogP contribution >= 0.6 is 10.8 Å². The van der Waals surface area contributed by atoms with Gasteiger partial charge in [0.05, 0.1) is 45.3 Å². The molecule has 0 atom stereocenters. The molecule has 126 valence electrons. The van der Waals surface area contributed by atoms with Crippen LogP contribution in [0.4, 0.5) is 0 Å². The molecular formula is C15H27N2O3S2+. The molecule has 0 fully saturated rings. The highest BCUT2D eigenvalue weighted by atomic mass is 33.1. The lowest BCUT2D eigenvalue weighted by molar-refractivity contribution is 0.234. The van der Waals surface area contributed by atoms with Crippen molar-refractivity contribution in [1.29, 1.82) is 0 Å². The monoisotopic (exact) mass is 347 g/mol. The molecule has 0 amide bonds. The molecule has 22 heavy (non-hydrogen) atoms. The number of hydrogen-bond acceptors (Lipinski definition) is 6. The summed E-state index contributed by atoms with van der Waals surface area (Å²) < 4.78 is 5.70. The molecule has 1 heterocycles. The zero-order valence-corrected chi connectivity index (χ0v) is 15.3. The van der Waals surface area contributed by atoms with Gasteiger partial charge in [0, 0.05) is 24.4 Å². The highest BCUT2D eigenvalue weighted by Gasteiger charge is 2.06. The molecule has 1 aromatic rings. The Balaban J connectivity index is 2.28. The van der Waals surface area contributed by atoms with Crippen LogP contribution in [0, 0.1) is 0 Å². The minimum atomic E-state index is -0.154. The van der Waals surface area contributed by atoms with Crippen molar-refractivity contribution in [1.82, 2.24) is 9.88 Å². The molecule has 0 saturated carbocycles. The molecule has 1 rings (SSSR count). The number of ether oxygens (including phenoxy) is 1. The van der Waals surface area contributed by atoms with E-state index in [0.717, 1.165) is 13.1 Å². The van der Waals surface area contributed by atoms with Crippen LogP contribution < -0.4 is 4.74 Å². The van der Waals surface area contributed by atoms with Crippen LogP contribution in [-0.4, -0.2) is 65.1 Å². The van der Waals surface area contributed by atoms with Gasteiger partial charge in [-0.15, -0.1) is 0 Å². The second-order valence-electron chi connectivity index (χ2n) is 5.17. The molecule has 2 N–H and O–H groups in total. The van der Waals surface area contributed by atoms with E-state index in [9.17, 15) is 0 Å². The zero-order valence-electron chi connectivity index (χ0n) is 13.6. The summed E-state index contributed by atoms with van der Waals surface area (Å²) in [6, 6.07) is 3.42. The maximum absolute atomic E-state index is 9.15. The Labute approximate surface area is 139 Å². The Morgan fingerprint density at radius 3 is 2.36 bits per heavy atom. The number of likely N-dealkylation sites (N-methyl/N-ethyl adjacent to an activating group) is 1. The Morgan fingerprint density at radius 2 is 1.82 bits per heavy atom. The molecular weight excluding hydrogens is 320 g/mol. The lowest BCUT2D eigenvalue weighted by atomic mass is 10.3. The number of aliphatic hydroxyl groups is 2. The quantitative estimate of drug-likeness (QED) is 0.357. The van der Waals surface area contributed by atoms with Gasteiger partial charge in [0.1, 0.15) is 24.9 Å². The van der Waals surface area contributed by atoms with Crippen LogP contribution in [-0.2, 0) is 23.1 Å². The fourth-order valence-corrected chi connectivity index (χ4v) is 3.79. The minimum absolute atomic E-state index is 0.154. The van der Waals surface area contributed by atoms with Crippen LogP contribution in [0.5, 0.6) is 5.75 Å². The van der Waals surface area contributed by atoms with Crippen LogP contribution in [0.1, 0.15) is 17.8 Å². The zero-order chi connectivity index (χ0) is 16.4. The molecule has 0 saturated heterocycles. The highest BCUT2D eigenvalue weighted by molar-refractivity contribution is 8.73. The van der Waals surface area contributed by atoms with Crippen molar-refractivity contribution < 1.29 is 14.9 Å². The third-order valence-electron chi connectivity index (χ3n) is 2.97. The number of pyridine rings is 1. The summed E-state index contributed by atoms with van der Waals surface area (Å²) in [6.07, 6.45) is 5.68. The first-order chi connectivity index (χ1) is 10.5. The predicted octanol–water partition coefficient (Wildman–Crippen LogP) is 1.29. The van der Waals surface area contributed by atoms with E-state index in [1.165, 1.54) is 12.2 Å². The fraction of sp³-hybridized carbons (Fsp3) is 0.667. The molecule has 1 aromatic heterocycles. The summed E-state index contributed by atoms with van der Waals surface area (Å²) in [6.45, 7) is 2.18. The second kappa shape index (κ2) is 11.1. The smallest absolute Gasteiger partial charge is 0.123 e. The van der Waals surface area contributed by atoms with E-state index in [4.69, 9.17) is 14.9 Å². The Morgan fingerprint density at radius 1 is 1.18 bits per heavy atom. The number of rotatable bonds is 11.